The van der Waals surface area contributed by atoms with Gasteiger partial charge in [0, 0.05) is 12.8 Å². The van der Waals surface area contributed by atoms with Gasteiger partial charge in [0.05, 0.1) is 7.11 Å². The maximum absolute atomic E-state index is 12.9. The standard InChI is InChI=1S/C32H43NO11/c1-9-30(4,5)43-28(36)41-24-17-16-22(18-25(24)42-29(37)44-31(6,7)10-2)20-32(33,26(34)38-8)19-21(3)39-27(35)40-23-14-12-11-13-15-23/h11-18,21H,9-10,19-20,33H2,1-8H3/t21?,32-/m1/s1. The number of carbonyl (C=O) groups is 4. The van der Waals surface area contributed by atoms with Gasteiger partial charge in [0.2, 0.25) is 0 Å². The van der Waals surface area contributed by atoms with Crippen molar-refractivity contribution in [3.63, 3.8) is 0 Å². The van der Waals surface area contributed by atoms with Crippen LogP contribution < -0.4 is 19.9 Å². The van der Waals surface area contributed by atoms with E-state index >= 15 is 0 Å². The van der Waals surface area contributed by atoms with E-state index in [4.69, 9.17) is 38.9 Å². The fraction of sp³-hybridized carbons (Fsp3) is 0.500. The molecule has 2 aromatic rings. The molecule has 0 saturated heterocycles. The number of esters is 1. The number of hydrogen-bond acceptors (Lipinski definition) is 12. The fourth-order valence-electron chi connectivity index (χ4n) is 3.77. The molecule has 0 aliphatic heterocycles. The Morgan fingerprint density at radius 3 is 1.84 bits per heavy atom. The summed E-state index contributed by atoms with van der Waals surface area (Å²) in [6.45, 7) is 12.1. The molecule has 2 rings (SSSR count). The van der Waals surface area contributed by atoms with Crippen molar-refractivity contribution in [2.45, 2.75) is 97.0 Å². The molecule has 2 aromatic carbocycles. The Bertz CT molecular complexity index is 1290. The predicted molar refractivity (Wildman–Crippen MR) is 160 cm³/mol. The number of para-hydroxylation sites is 1. The van der Waals surface area contributed by atoms with Crippen molar-refractivity contribution in [2.24, 2.45) is 5.73 Å². The lowest BCUT2D eigenvalue weighted by Gasteiger charge is -2.29. The summed E-state index contributed by atoms with van der Waals surface area (Å²) in [4.78, 5) is 50.3. The van der Waals surface area contributed by atoms with Crippen molar-refractivity contribution in [1.82, 2.24) is 0 Å². The van der Waals surface area contributed by atoms with Gasteiger partial charge in [0.1, 0.15) is 28.6 Å². The molecule has 0 heterocycles. The molecular formula is C32H43NO11. The monoisotopic (exact) mass is 617 g/mol. The van der Waals surface area contributed by atoms with Gasteiger partial charge in [-0.2, -0.15) is 0 Å². The van der Waals surface area contributed by atoms with E-state index in [9.17, 15) is 19.2 Å². The average Bonchev–Trinajstić information content (AvgIpc) is 2.93. The Kier molecular flexibility index (Phi) is 12.6. The van der Waals surface area contributed by atoms with Crippen LogP contribution in [0.1, 0.15) is 73.3 Å². The quantitative estimate of drug-likeness (QED) is 0.148. The minimum Gasteiger partial charge on any atom is -0.468 e. The third kappa shape index (κ3) is 11.4. The topological polar surface area (TPSA) is 159 Å². The van der Waals surface area contributed by atoms with Crippen molar-refractivity contribution in [3.8, 4) is 17.2 Å². The first-order valence-corrected chi connectivity index (χ1v) is 14.3. The molecule has 0 aliphatic rings. The minimum absolute atomic E-state index is 0.127. The molecule has 242 valence electrons. The maximum Gasteiger partial charge on any atom is 0.514 e. The second-order valence-corrected chi connectivity index (χ2v) is 11.5. The Balaban J connectivity index is 2.31. The summed E-state index contributed by atoms with van der Waals surface area (Å²) >= 11 is 0. The number of benzene rings is 2. The number of nitrogens with two attached hydrogens (primary N) is 1. The van der Waals surface area contributed by atoms with E-state index < -0.39 is 47.3 Å². The van der Waals surface area contributed by atoms with Crippen LogP contribution in [0.15, 0.2) is 48.5 Å². The minimum atomic E-state index is -1.68. The highest BCUT2D eigenvalue weighted by atomic mass is 16.8. The molecule has 1 unspecified atom stereocenters. The van der Waals surface area contributed by atoms with Crippen LogP contribution in [-0.2, 0) is 30.2 Å². The van der Waals surface area contributed by atoms with Crippen LogP contribution in [-0.4, -0.2) is 54.4 Å². The number of carbonyl (C=O) groups excluding carboxylic acids is 4. The molecule has 44 heavy (non-hydrogen) atoms. The van der Waals surface area contributed by atoms with E-state index in [1.54, 1.807) is 65.0 Å². The normalized spacial score (nSPS) is 13.5. The highest BCUT2D eigenvalue weighted by molar-refractivity contribution is 5.81. The lowest BCUT2D eigenvalue weighted by Crippen LogP contribution is -2.53. The van der Waals surface area contributed by atoms with Gasteiger partial charge in [-0.3, -0.25) is 4.79 Å². The van der Waals surface area contributed by atoms with Crippen molar-refractivity contribution < 1.29 is 52.3 Å². The molecule has 0 amide bonds. The second-order valence-electron chi connectivity index (χ2n) is 11.5. The molecule has 12 heteroatoms. The summed E-state index contributed by atoms with van der Waals surface area (Å²) in [5.41, 5.74) is 3.62. The molecule has 0 radical (unpaired) electrons. The van der Waals surface area contributed by atoms with Gasteiger partial charge in [-0.15, -0.1) is 0 Å². The summed E-state index contributed by atoms with van der Waals surface area (Å²) in [7, 11) is 1.18. The summed E-state index contributed by atoms with van der Waals surface area (Å²) in [6.07, 6.45) is -3.13. The lowest BCUT2D eigenvalue weighted by molar-refractivity contribution is -0.148. The van der Waals surface area contributed by atoms with Gasteiger partial charge < -0.3 is 38.9 Å². The average molecular weight is 618 g/mol. The molecule has 0 spiro atoms. The van der Waals surface area contributed by atoms with Gasteiger partial charge in [-0.05, 0) is 77.3 Å². The predicted octanol–water partition coefficient (Wildman–Crippen LogP) is 6.50. The van der Waals surface area contributed by atoms with Crippen molar-refractivity contribution in [3.05, 3.63) is 54.1 Å². The van der Waals surface area contributed by atoms with Crippen LogP contribution in [0.4, 0.5) is 14.4 Å². The summed E-state index contributed by atoms with van der Waals surface area (Å²) in [5, 5.41) is 0. The Hall–Kier alpha value is -4.32. The zero-order valence-corrected chi connectivity index (χ0v) is 26.6. The molecule has 12 nitrogen and oxygen atoms in total. The molecule has 0 fully saturated rings. The number of hydrogen-bond donors (Lipinski definition) is 1. The van der Waals surface area contributed by atoms with Crippen molar-refractivity contribution >= 4 is 24.4 Å². The van der Waals surface area contributed by atoms with Crippen LogP contribution in [0.2, 0.25) is 0 Å². The zero-order chi connectivity index (χ0) is 33.1. The summed E-state index contributed by atoms with van der Waals surface area (Å²) in [5.74, 6) is -0.789. The SMILES string of the molecule is CCC(C)(C)OC(=O)Oc1ccc(C[C@](N)(CC(C)OC(=O)Oc2ccccc2)C(=O)OC)cc1OC(=O)OC(C)(C)CC. The molecule has 0 aromatic heterocycles. The fourth-order valence-corrected chi connectivity index (χ4v) is 3.77. The molecule has 0 aliphatic carbocycles. The van der Waals surface area contributed by atoms with Crippen molar-refractivity contribution in [1.29, 1.82) is 0 Å². The van der Waals surface area contributed by atoms with Crippen molar-refractivity contribution in [2.75, 3.05) is 7.11 Å². The smallest absolute Gasteiger partial charge is 0.468 e. The Morgan fingerprint density at radius 1 is 0.773 bits per heavy atom. The number of ether oxygens (including phenoxy) is 7. The number of rotatable bonds is 13. The van der Waals surface area contributed by atoms with E-state index in [0.717, 1.165) is 0 Å². The third-order valence-corrected chi connectivity index (χ3v) is 6.82. The van der Waals surface area contributed by atoms with E-state index in [1.165, 1.54) is 25.3 Å². The van der Waals surface area contributed by atoms with Gasteiger partial charge in [-0.1, -0.05) is 38.1 Å². The molecule has 0 saturated carbocycles. The maximum atomic E-state index is 12.9. The molecule has 0 bridgehead atoms. The van der Waals surface area contributed by atoms with Crippen LogP contribution in [0.3, 0.4) is 0 Å². The first kappa shape index (κ1) is 35.9. The summed E-state index contributed by atoms with van der Waals surface area (Å²) < 4.78 is 37.0. The van der Waals surface area contributed by atoms with Gasteiger partial charge in [0.25, 0.3) is 0 Å². The van der Waals surface area contributed by atoms with E-state index in [0.29, 0.717) is 18.4 Å². The van der Waals surface area contributed by atoms with Gasteiger partial charge >= 0.3 is 24.4 Å². The van der Waals surface area contributed by atoms with E-state index in [1.807, 2.05) is 13.8 Å². The van der Waals surface area contributed by atoms with Crippen LogP contribution >= 0.6 is 0 Å². The Morgan fingerprint density at radius 2 is 1.32 bits per heavy atom. The van der Waals surface area contributed by atoms with E-state index in [-0.39, 0.29) is 30.1 Å². The number of methoxy groups -OCH3 is 1. The third-order valence-electron chi connectivity index (χ3n) is 6.82. The first-order valence-electron chi connectivity index (χ1n) is 14.3. The van der Waals surface area contributed by atoms with Crippen LogP contribution in [0.5, 0.6) is 17.2 Å². The van der Waals surface area contributed by atoms with Gasteiger partial charge in [0.15, 0.2) is 11.5 Å². The largest absolute Gasteiger partial charge is 0.514 e. The van der Waals surface area contributed by atoms with Gasteiger partial charge in [-0.25, -0.2) is 14.4 Å². The zero-order valence-electron chi connectivity index (χ0n) is 26.6. The first-order chi connectivity index (χ1) is 20.5. The molecule has 2 atom stereocenters. The van der Waals surface area contributed by atoms with E-state index in [2.05, 4.69) is 0 Å². The Labute approximate surface area is 258 Å². The van der Waals surface area contributed by atoms with Crippen LogP contribution in [0, 0.1) is 0 Å². The van der Waals surface area contributed by atoms with Crippen LogP contribution in [0.25, 0.3) is 0 Å². The highest BCUT2D eigenvalue weighted by Gasteiger charge is 2.39. The molecule has 2 N–H and O–H groups in total. The lowest BCUT2D eigenvalue weighted by atomic mass is 9.86. The molecular weight excluding hydrogens is 574 g/mol. The summed E-state index contributed by atoms with van der Waals surface area (Å²) in [6, 6.07) is 12.6. The second kappa shape index (κ2) is 15.4. The highest BCUT2D eigenvalue weighted by Crippen LogP contribution is 2.33.